The summed E-state index contributed by atoms with van der Waals surface area (Å²) in [5, 5.41) is 3.27. The van der Waals surface area contributed by atoms with Crippen molar-refractivity contribution in [3.63, 3.8) is 0 Å². The maximum atomic E-state index is 14.4. The van der Waals surface area contributed by atoms with Gasteiger partial charge in [0.1, 0.15) is 12.6 Å². The van der Waals surface area contributed by atoms with E-state index in [9.17, 15) is 18.0 Å². The fourth-order valence-electron chi connectivity index (χ4n) is 4.83. The molecule has 1 N–H and O–H groups in total. The van der Waals surface area contributed by atoms with Crippen LogP contribution in [0.4, 0.5) is 5.69 Å². The normalized spacial score (nSPS) is 11.9. The summed E-state index contributed by atoms with van der Waals surface area (Å²) in [6, 6.07) is 29.2. The van der Waals surface area contributed by atoms with Gasteiger partial charge in [0.05, 0.1) is 10.6 Å². The molecule has 0 saturated heterocycles. The molecule has 4 rings (SSSR count). The third kappa shape index (κ3) is 8.03. The number of carbonyl (C=O) groups excluding carboxylic acids is 2. The standard InChI is InChI=1S/C34H36ClN3O4S/c1-4-36-34(40)32(22-27-11-6-5-7-12-27)37(23-28-16-14-25(2)15-17-28)33(39)24-38(31-13-9-8-10-26(31)3)43(41,42)30-20-18-29(35)19-21-30/h5-21,32H,4,22-24H2,1-3H3,(H,36,40). The minimum Gasteiger partial charge on any atom is -0.355 e. The zero-order chi connectivity index (χ0) is 31.0. The molecule has 0 spiro atoms. The number of nitrogens with zero attached hydrogens (tertiary/aromatic N) is 2. The van der Waals surface area contributed by atoms with Crippen molar-refractivity contribution in [2.75, 3.05) is 17.4 Å². The Balaban J connectivity index is 1.80. The number of aryl methyl sites for hydroxylation is 2. The molecule has 43 heavy (non-hydrogen) atoms. The van der Waals surface area contributed by atoms with Gasteiger partial charge in [-0.3, -0.25) is 13.9 Å². The number of hydrogen-bond acceptors (Lipinski definition) is 4. The minimum atomic E-state index is -4.19. The second kappa shape index (κ2) is 14.4. The van der Waals surface area contributed by atoms with Gasteiger partial charge in [0, 0.05) is 24.5 Å². The number of sulfonamides is 1. The van der Waals surface area contributed by atoms with Gasteiger partial charge in [0.15, 0.2) is 0 Å². The number of rotatable bonds is 12. The van der Waals surface area contributed by atoms with Crippen LogP contribution in [0.5, 0.6) is 0 Å². The highest BCUT2D eigenvalue weighted by Crippen LogP contribution is 2.28. The molecule has 4 aromatic carbocycles. The van der Waals surface area contributed by atoms with Crippen LogP contribution in [-0.2, 0) is 32.6 Å². The van der Waals surface area contributed by atoms with Crippen LogP contribution < -0.4 is 9.62 Å². The van der Waals surface area contributed by atoms with Crippen LogP contribution in [0.1, 0.15) is 29.2 Å². The van der Waals surface area contributed by atoms with Gasteiger partial charge in [-0.2, -0.15) is 0 Å². The largest absolute Gasteiger partial charge is 0.355 e. The second-order valence-corrected chi connectivity index (χ2v) is 12.7. The summed E-state index contributed by atoms with van der Waals surface area (Å²) in [6.45, 7) is 5.59. The smallest absolute Gasteiger partial charge is 0.264 e. The molecule has 9 heteroatoms. The van der Waals surface area contributed by atoms with Gasteiger partial charge in [-0.15, -0.1) is 0 Å². The third-order valence-corrected chi connectivity index (χ3v) is 9.19. The summed E-state index contributed by atoms with van der Waals surface area (Å²) in [6.07, 6.45) is 0.262. The minimum absolute atomic E-state index is 0.00241. The van der Waals surface area contributed by atoms with Crippen molar-refractivity contribution in [3.05, 3.63) is 130 Å². The van der Waals surface area contributed by atoms with Crippen molar-refractivity contribution in [2.24, 2.45) is 0 Å². The number of para-hydroxylation sites is 1. The predicted molar refractivity (Wildman–Crippen MR) is 172 cm³/mol. The van der Waals surface area contributed by atoms with E-state index in [-0.39, 0.29) is 23.8 Å². The number of benzene rings is 4. The highest BCUT2D eigenvalue weighted by atomic mass is 35.5. The lowest BCUT2D eigenvalue weighted by Gasteiger charge is -2.34. The van der Waals surface area contributed by atoms with E-state index in [0.29, 0.717) is 22.8 Å². The third-order valence-electron chi connectivity index (χ3n) is 7.16. The Kier molecular flexibility index (Phi) is 10.6. The molecule has 2 amide bonds. The van der Waals surface area contributed by atoms with Crippen molar-refractivity contribution in [1.82, 2.24) is 10.2 Å². The summed E-state index contributed by atoms with van der Waals surface area (Å²) in [4.78, 5) is 29.4. The fraction of sp³-hybridized carbons (Fsp3) is 0.235. The van der Waals surface area contributed by atoms with Crippen molar-refractivity contribution in [1.29, 1.82) is 0 Å². The Morgan fingerprint density at radius 3 is 2.07 bits per heavy atom. The molecule has 224 valence electrons. The zero-order valence-corrected chi connectivity index (χ0v) is 26.1. The quantitative estimate of drug-likeness (QED) is 0.214. The topological polar surface area (TPSA) is 86.8 Å². The highest BCUT2D eigenvalue weighted by Gasteiger charge is 2.34. The Morgan fingerprint density at radius 2 is 1.44 bits per heavy atom. The Labute approximate surface area is 259 Å². The Bertz CT molecular complexity index is 1640. The molecule has 0 aromatic heterocycles. The van der Waals surface area contributed by atoms with Gasteiger partial charge in [0.2, 0.25) is 11.8 Å². The maximum absolute atomic E-state index is 14.4. The van der Waals surface area contributed by atoms with Crippen LogP contribution >= 0.6 is 11.6 Å². The van der Waals surface area contributed by atoms with Crippen LogP contribution in [0, 0.1) is 13.8 Å². The van der Waals surface area contributed by atoms with E-state index < -0.39 is 28.5 Å². The van der Waals surface area contributed by atoms with E-state index in [1.165, 1.54) is 29.2 Å². The number of nitrogens with one attached hydrogen (secondary N) is 1. The van der Waals surface area contributed by atoms with Crippen molar-refractivity contribution >= 4 is 39.1 Å². The lowest BCUT2D eigenvalue weighted by Crippen LogP contribution is -2.53. The molecule has 4 aromatic rings. The summed E-state index contributed by atoms with van der Waals surface area (Å²) in [5.41, 5.74) is 3.82. The molecule has 1 atom stereocenters. The zero-order valence-electron chi connectivity index (χ0n) is 24.5. The molecular formula is C34H36ClN3O4S. The van der Waals surface area contributed by atoms with E-state index in [1.54, 1.807) is 25.1 Å². The lowest BCUT2D eigenvalue weighted by atomic mass is 10.0. The van der Waals surface area contributed by atoms with Crippen molar-refractivity contribution in [2.45, 2.75) is 44.7 Å². The molecule has 0 bridgehead atoms. The Morgan fingerprint density at radius 1 is 0.814 bits per heavy atom. The first kappa shape index (κ1) is 31.8. The number of hydrogen-bond donors (Lipinski definition) is 1. The number of carbonyl (C=O) groups is 2. The number of halogens is 1. The molecular weight excluding hydrogens is 582 g/mol. The van der Waals surface area contributed by atoms with Crippen molar-refractivity contribution < 1.29 is 18.0 Å². The van der Waals surface area contributed by atoms with Crippen LogP contribution in [0.15, 0.2) is 108 Å². The maximum Gasteiger partial charge on any atom is 0.264 e. The molecule has 0 aliphatic rings. The first-order chi connectivity index (χ1) is 20.6. The summed E-state index contributed by atoms with van der Waals surface area (Å²) >= 11 is 6.05. The van der Waals surface area contributed by atoms with Crippen LogP contribution in [-0.4, -0.2) is 44.3 Å². The van der Waals surface area contributed by atoms with Gasteiger partial charge in [-0.05, 0) is 67.8 Å². The summed E-state index contributed by atoms with van der Waals surface area (Å²) in [7, 11) is -4.19. The van der Waals surface area contributed by atoms with E-state index in [2.05, 4.69) is 5.32 Å². The summed E-state index contributed by atoms with van der Waals surface area (Å²) < 4.78 is 29.3. The molecule has 0 aliphatic heterocycles. The fourth-order valence-corrected chi connectivity index (χ4v) is 6.43. The average Bonchev–Trinajstić information content (AvgIpc) is 3.00. The number of anilines is 1. The van der Waals surface area contributed by atoms with E-state index >= 15 is 0 Å². The molecule has 1 unspecified atom stereocenters. The predicted octanol–water partition coefficient (Wildman–Crippen LogP) is 5.93. The molecule has 7 nitrogen and oxygen atoms in total. The highest BCUT2D eigenvalue weighted by molar-refractivity contribution is 7.92. The molecule has 0 heterocycles. The van der Waals surface area contributed by atoms with Crippen molar-refractivity contribution in [3.8, 4) is 0 Å². The van der Waals surface area contributed by atoms with Gasteiger partial charge >= 0.3 is 0 Å². The van der Waals surface area contributed by atoms with Crippen LogP contribution in [0.3, 0.4) is 0 Å². The van der Waals surface area contributed by atoms with E-state index in [1.807, 2.05) is 74.5 Å². The molecule has 0 radical (unpaired) electrons. The summed E-state index contributed by atoms with van der Waals surface area (Å²) in [5.74, 6) is -0.816. The van der Waals surface area contributed by atoms with Gasteiger partial charge in [0.25, 0.3) is 10.0 Å². The first-order valence-electron chi connectivity index (χ1n) is 14.1. The SMILES string of the molecule is CCNC(=O)C(Cc1ccccc1)N(Cc1ccc(C)cc1)C(=O)CN(c1ccccc1C)S(=O)(=O)c1ccc(Cl)cc1. The van der Waals surface area contributed by atoms with Gasteiger partial charge < -0.3 is 10.2 Å². The monoisotopic (exact) mass is 617 g/mol. The Hall–Kier alpha value is -4.14. The lowest BCUT2D eigenvalue weighted by molar-refractivity contribution is -0.140. The van der Waals surface area contributed by atoms with Gasteiger partial charge in [-0.1, -0.05) is 90.0 Å². The number of amides is 2. The number of likely N-dealkylation sites (N-methyl/N-ethyl adjacent to an activating group) is 1. The van der Waals surface area contributed by atoms with Crippen LogP contribution in [0.2, 0.25) is 5.02 Å². The first-order valence-corrected chi connectivity index (χ1v) is 15.9. The molecule has 0 saturated carbocycles. The van der Waals surface area contributed by atoms with Crippen LogP contribution in [0.25, 0.3) is 0 Å². The van der Waals surface area contributed by atoms with E-state index in [4.69, 9.17) is 11.6 Å². The van der Waals surface area contributed by atoms with E-state index in [0.717, 1.165) is 21.0 Å². The molecule has 0 fully saturated rings. The molecule has 0 aliphatic carbocycles. The average molecular weight is 618 g/mol. The van der Waals surface area contributed by atoms with Gasteiger partial charge in [-0.25, -0.2) is 8.42 Å². The second-order valence-electron chi connectivity index (χ2n) is 10.4.